The predicted octanol–water partition coefficient (Wildman–Crippen LogP) is 3.77. The minimum absolute atomic E-state index is 0.0224. The van der Waals surface area contributed by atoms with Gasteiger partial charge in [0.1, 0.15) is 12.4 Å². The van der Waals surface area contributed by atoms with Crippen LogP contribution in [0.15, 0.2) is 42.5 Å². The van der Waals surface area contributed by atoms with Crippen molar-refractivity contribution in [1.29, 1.82) is 0 Å². The lowest BCUT2D eigenvalue weighted by Crippen LogP contribution is -2.34. The lowest BCUT2D eigenvalue weighted by Gasteiger charge is -2.22. The van der Waals surface area contributed by atoms with Gasteiger partial charge in [0.05, 0.1) is 6.61 Å². The van der Waals surface area contributed by atoms with Crippen LogP contribution in [0.5, 0.6) is 0 Å². The number of nitrogens with zero attached hydrogens (tertiary/aromatic N) is 1. The second-order valence-corrected chi connectivity index (χ2v) is 6.29. The maximum Gasteiger partial charge on any atom is 0.253 e. The molecule has 0 aromatic heterocycles. The molecule has 0 spiro atoms. The number of carbonyl (C=O) groups is 1. The molecule has 0 saturated heterocycles. The Hall–Kier alpha value is -2.20. The molecular formula is C19H18FNO2. The third kappa shape index (κ3) is 2.99. The quantitative estimate of drug-likeness (QED) is 0.863. The fourth-order valence-electron chi connectivity index (χ4n) is 3.03. The Labute approximate surface area is 134 Å². The van der Waals surface area contributed by atoms with Crippen LogP contribution in [0.4, 0.5) is 10.1 Å². The van der Waals surface area contributed by atoms with Crippen LogP contribution >= 0.6 is 0 Å². The Kier molecular flexibility index (Phi) is 3.62. The molecule has 23 heavy (non-hydrogen) atoms. The van der Waals surface area contributed by atoms with E-state index in [0.717, 1.165) is 28.9 Å². The molecule has 1 saturated carbocycles. The van der Waals surface area contributed by atoms with Gasteiger partial charge in [-0.1, -0.05) is 18.2 Å². The van der Waals surface area contributed by atoms with Gasteiger partial charge >= 0.3 is 0 Å². The van der Waals surface area contributed by atoms with Gasteiger partial charge in [-0.15, -0.1) is 0 Å². The number of halogens is 1. The number of anilines is 1. The molecule has 0 unspecified atom stereocenters. The van der Waals surface area contributed by atoms with Gasteiger partial charge in [-0.25, -0.2) is 4.39 Å². The van der Waals surface area contributed by atoms with Crippen LogP contribution in [0.25, 0.3) is 11.1 Å². The van der Waals surface area contributed by atoms with Crippen molar-refractivity contribution in [2.45, 2.75) is 19.4 Å². The van der Waals surface area contributed by atoms with Gasteiger partial charge in [0.2, 0.25) is 0 Å². The average Bonchev–Trinajstić information content (AvgIpc) is 3.37. The van der Waals surface area contributed by atoms with E-state index in [4.69, 9.17) is 4.74 Å². The van der Waals surface area contributed by atoms with Crippen LogP contribution in [0.2, 0.25) is 0 Å². The maximum absolute atomic E-state index is 13.4. The molecule has 1 aliphatic heterocycles. The van der Waals surface area contributed by atoms with E-state index in [0.29, 0.717) is 12.5 Å². The van der Waals surface area contributed by atoms with Crippen molar-refractivity contribution in [1.82, 2.24) is 0 Å². The first kappa shape index (κ1) is 14.4. The second kappa shape index (κ2) is 5.78. The number of hydrogen-bond donors (Lipinski definition) is 0. The molecule has 0 N–H and O–H groups in total. The summed E-state index contributed by atoms with van der Waals surface area (Å²) in [5.41, 5.74) is 3.68. The molecule has 0 bridgehead atoms. The van der Waals surface area contributed by atoms with Crippen molar-refractivity contribution in [2.24, 2.45) is 5.92 Å². The van der Waals surface area contributed by atoms with E-state index in [1.165, 1.54) is 25.0 Å². The van der Waals surface area contributed by atoms with Gasteiger partial charge in [0, 0.05) is 17.8 Å². The lowest BCUT2D eigenvalue weighted by molar-refractivity contribution is -0.123. The molecule has 2 aromatic rings. The van der Waals surface area contributed by atoms with Crippen LogP contribution in [-0.4, -0.2) is 19.1 Å². The Balaban J connectivity index is 1.72. The summed E-state index contributed by atoms with van der Waals surface area (Å²) < 4.78 is 19.0. The number of benzene rings is 2. The number of hydrogen-bond acceptors (Lipinski definition) is 2. The van der Waals surface area contributed by atoms with Gasteiger partial charge in [0.15, 0.2) is 0 Å². The van der Waals surface area contributed by atoms with Crippen molar-refractivity contribution in [3.8, 4) is 11.1 Å². The summed E-state index contributed by atoms with van der Waals surface area (Å²) >= 11 is 0. The monoisotopic (exact) mass is 311 g/mol. The Bertz CT molecular complexity index is 755. The first-order valence-corrected chi connectivity index (χ1v) is 7.98. The minimum atomic E-state index is -0.251. The molecule has 1 amide bonds. The molecule has 118 valence electrons. The fourth-order valence-corrected chi connectivity index (χ4v) is 3.03. The molecule has 1 aliphatic carbocycles. The molecule has 3 nitrogen and oxygen atoms in total. The molecule has 1 fully saturated rings. The van der Waals surface area contributed by atoms with Crippen molar-refractivity contribution < 1.29 is 13.9 Å². The van der Waals surface area contributed by atoms with Crippen LogP contribution in [0.3, 0.4) is 0 Å². The van der Waals surface area contributed by atoms with Crippen molar-refractivity contribution in [3.05, 3.63) is 53.8 Å². The molecule has 2 aromatic carbocycles. The zero-order valence-corrected chi connectivity index (χ0v) is 12.8. The first-order chi connectivity index (χ1) is 11.2. The normalized spacial score (nSPS) is 17.8. The van der Waals surface area contributed by atoms with Crippen LogP contribution in [0, 0.1) is 11.7 Å². The standard InChI is InChI=1S/C19H18FNO2/c20-17-3-1-2-14(9-17)15-6-7-18-16(8-15)11-23-12-19(22)21(18)10-13-4-5-13/h1-3,6-9,13H,4-5,10-12H2. The van der Waals surface area contributed by atoms with Crippen molar-refractivity contribution in [2.75, 3.05) is 18.1 Å². The first-order valence-electron chi connectivity index (χ1n) is 7.98. The zero-order valence-electron chi connectivity index (χ0n) is 12.8. The van der Waals surface area contributed by atoms with Crippen LogP contribution in [0.1, 0.15) is 18.4 Å². The molecule has 2 aliphatic rings. The smallest absolute Gasteiger partial charge is 0.253 e. The van der Waals surface area contributed by atoms with Crippen molar-refractivity contribution in [3.63, 3.8) is 0 Å². The number of carbonyl (C=O) groups excluding carboxylic acids is 1. The zero-order chi connectivity index (χ0) is 15.8. The highest BCUT2D eigenvalue weighted by atomic mass is 19.1. The second-order valence-electron chi connectivity index (χ2n) is 6.29. The summed E-state index contributed by atoms with van der Waals surface area (Å²) in [5.74, 6) is 0.390. The summed E-state index contributed by atoms with van der Waals surface area (Å²) in [4.78, 5) is 14.1. The highest BCUT2D eigenvalue weighted by Crippen LogP contribution is 2.35. The fraction of sp³-hybridized carbons (Fsp3) is 0.316. The average molecular weight is 311 g/mol. The van der Waals surface area contributed by atoms with Crippen LogP contribution in [-0.2, 0) is 16.1 Å². The molecule has 4 heteroatoms. The lowest BCUT2D eigenvalue weighted by atomic mass is 10.0. The van der Waals surface area contributed by atoms with Gasteiger partial charge in [-0.3, -0.25) is 4.79 Å². The number of rotatable bonds is 3. The van der Waals surface area contributed by atoms with Gasteiger partial charge < -0.3 is 9.64 Å². The van der Waals surface area contributed by atoms with Gasteiger partial charge in [0.25, 0.3) is 5.91 Å². The molecular weight excluding hydrogens is 293 g/mol. The van der Waals surface area contributed by atoms with Gasteiger partial charge in [-0.05, 0) is 54.2 Å². The summed E-state index contributed by atoms with van der Waals surface area (Å²) in [6, 6.07) is 12.5. The summed E-state index contributed by atoms with van der Waals surface area (Å²) in [5, 5.41) is 0. The van der Waals surface area contributed by atoms with E-state index in [1.54, 1.807) is 6.07 Å². The Morgan fingerprint density at radius 1 is 1.09 bits per heavy atom. The van der Waals surface area contributed by atoms with E-state index in [1.807, 2.05) is 29.2 Å². The van der Waals surface area contributed by atoms with E-state index in [9.17, 15) is 9.18 Å². The molecule has 0 atom stereocenters. The topological polar surface area (TPSA) is 29.5 Å². The van der Waals surface area contributed by atoms with Crippen LogP contribution < -0.4 is 4.90 Å². The third-order valence-electron chi connectivity index (χ3n) is 4.45. The highest BCUT2D eigenvalue weighted by molar-refractivity contribution is 5.96. The number of fused-ring (bicyclic) bond motifs is 1. The summed E-state index contributed by atoms with van der Waals surface area (Å²) in [6.45, 7) is 1.30. The largest absolute Gasteiger partial charge is 0.367 e. The summed E-state index contributed by atoms with van der Waals surface area (Å²) in [7, 11) is 0. The SMILES string of the molecule is O=C1COCc2cc(-c3cccc(F)c3)ccc2N1CC1CC1. The van der Waals surface area contributed by atoms with E-state index in [2.05, 4.69) is 0 Å². The molecule has 4 rings (SSSR count). The molecule has 1 heterocycles. The molecule has 0 radical (unpaired) electrons. The third-order valence-corrected chi connectivity index (χ3v) is 4.45. The number of ether oxygens (including phenoxy) is 1. The number of amides is 1. The van der Waals surface area contributed by atoms with E-state index >= 15 is 0 Å². The summed E-state index contributed by atoms with van der Waals surface area (Å²) in [6.07, 6.45) is 2.39. The van der Waals surface area contributed by atoms with E-state index < -0.39 is 0 Å². The minimum Gasteiger partial charge on any atom is -0.367 e. The predicted molar refractivity (Wildman–Crippen MR) is 86.6 cm³/mol. The highest BCUT2D eigenvalue weighted by Gasteiger charge is 2.30. The van der Waals surface area contributed by atoms with E-state index in [-0.39, 0.29) is 18.3 Å². The Morgan fingerprint density at radius 3 is 2.70 bits per heavy atom. The Morgan fingerprint density at radius 2 is 1.91 bits per heavy atom. The van der Waals surface area contributed by atoms with Crippen molar-refractivity contribution >= 4 is 11.6 Å². The maximum atomic E-state index is 13.4. The van der Waals surface area contributed by atoms with Gasteiger partial charge in [-0.2, -0.15) is 0 Å².